The molecule has 2 aliphatic rings. The van der Waals surface area contributed by atoms with Crippen molar-refractivity contribution in [1.82, 2.24) is 15.3 Å². The summed E-state index contributed by atoms with van der Waals surface area (Å²) in [6, 6.07) is 1.91. The van der Waals surface area contributed by atoms with Gasteiger partial charge in [0.25, 0.3) is 11.8 Å². The minimum atomic E-state index is -0.341. The summed E-state index contributed by atoms with van der Waals surface area (Å²) in [7, 11) is 2.70. The summed E-state index contributed by atoms with van der Waals surface area (Å²) >= 11 is 0. The Labute approximate surface area is 255 Å². The van der Waals surface area contributed by atoms with Crippen molar-refractivity contribution in [2.75, 3.05) is 14.2 Å². The van der Waals surface area contributed by atoms with E-state index in [9.17, 15) is 19.2 Å². The summed E-state index contributed by atoms with van der Waals surface area (Å²) in [5.41, 5.74) is 7.79. The molecule has 44 heavy (non-hydrogen) atoms. The molecule has 228 valence electrons. The third kappa shape index (κ3) is 6.54. The number of H-pyrrole nitrogens is 2. The molecule has 3 N–H and O–H groups in total. The zero-order valence-corrected chi connectivity index (χ0v) is 25.6. The Balaban J connectivity index is 1.87. The standard InChI is InChI=1S/C34H36N4O6/c1-8-23-20(5)33(41)38-29(23)16-27-19(4)25(11-13-32(40)44-7)30(36-27)17-28-21(10-12-31(39)43-6)14-22(35-28)15-26-18(3)24(9-2)34(42)37-26/h8-9,14-17,35-36H,1-2,10-13H2,3-7H3,(H,38,41)/b22-15?,28-17-,29-16-. The minimum absolute atomic E-state index is 0.166. The van der Waals surface area contributed by atoms with Crippen LogP contribution >= 0.6 is 0 Å². The number of aromatic nitrogens is 2. The molecule has 0 atom stereocenters. The molecule has 0 saturated heterocycles. The second-order valence-corrected chi connectivity index (χ2v) is 10.5. The monoisotopic (exact) mass is 596 g/mol. The van der Waals surface area contributed by atoms with Gasteiger partial charge < -0.3 is 24.8 Å². The number of aliphatic imine (C=N–C) groups is 1. The number of esters is 2. The first-order valence-corrected chi connectivity index (χ1v) is 14.1. The highest BCUT2D eigenvalue weighted by atomic mass is 16.5. The molecule has 0 spiro atoms. The maximum Gasteiger partial charge on any atom is 0.305 e. The second kappa shape index (κ2) is 13.4. The van der Waals surface area contributed by atoms with Gasteiger partial charge in [0, 0.05) is 51.6 Å². The molecule has 10 nitrogen and oxygen atoms in total. The fourth-order valence-electron chi connectivity index (χ4n) is 5.24. The van der Waals surface area contributed by atoms with Gasteiger partial charge in [-0.25, -0.2) is 4.99 Å². The van der Waals surface area contributed by atoms with Gasteiger partial charge in [0.05, 0.1) is 25.6 Å². The van der Waals surface area contributed by atoms with Crippen molar-refractivity contribution >= 4 is 47.7 Å². The quantitative estimate of drug-likeness (QED) is 0.341. The fraction of sp³-hybridized carbons (Fsp3) is 0.265. The largest absolute Gasteiger partial charge is 0.469 e. The Hall–Kier alpha value is -5.25. The van der Waals surface area contributed by atoms with E-state index in [4.69, 9.17) is 9.47 Å². The molecule has 0 radical (unpaired) electrons. The molecule has 4 heterocycles. The van der Waals surface area contributed by atoms with Crippen LogP contribution in [0, 0.1) is 6.92 Å². The van der Waals surface area contributed by atoms with Crippen LogP contribution in [-0.2, 0) is 41.5 Å². The first kappa shape index (κ1) is 31.7. The molecule has 0 unspecified atom stereocenters. The number of carbonyl (C=O) groups is 4. The molecular formula is C34H36N4O6. The van der Waals surface area contributed by atoms with E-state index in [-0.39, 0.29) is 36.6 Å². The zero-order chi connectivity index (χ0) is 32.1. The summed E-state index contributed by atoms with van der Waals surface area (Å²) in [6.07, 6.45) is 9.84. The number of amides is 2. The van der Waals surface area contributed by atoms with Crippen LogP contribution in [0.4, 0.5) is 0 Å². The van der Waals surface area contributed by atoms with Gasteiger partial charge in [-0.2, -0.15) is 0 Å². The first-order valence-electron chi connectivity index (χ1n) is 14.1. The summed E-state index contributed by atoms with van der Waals surface area (Å²) in [5, 5.41) is 4.31. The second-order valence-electron chi connectivity index (χ2n) is 10.5. The Morgan fingerprint density at radius 3 is 2.14 bits per heavy atom. The molecule has 4 rings (SSSR count). The van der Waals surface area contributed by atoms with Crippen molar-refractivity contribution in [2.45, 2.75) is 46.5 Å². The molecule has 2 aromatic heterocycles. The molecule has 0 fully saturated rings. The van der Waals surface area contributed by atoms with Crippen LogP contribution in [0.5, 0.6) is 0 Å². The summed E-state index contributed by atoms with van der Waals surface area (Å²) < 4.78 is 9.74. The van der Waals surface area contributed by atoms with Crippen LogP contribution in [-0.4, -0.2) is 53.7 Å². The van der Waals surface area contributed by atoms with Crippen LogP contribution in [0.2, 0.25) is 0 Å². The van der Waals surface area contributed by atoms with Gasteiger partial charge in [0.1, 0.15) is 0 Å². The van der Waals surface area contributed by atoms with Crippen molar-refractivity contribution in [3.05, 3.63) is 98.1 Å². The van der Waals surface area contributed by atoms with E-state index in [0.717, 1.165) is 44.6 Å². The summed E-state index contributed by atoms with van der Waals surface area (Å²) in [5.74, 6) is -1.20. The van der Waals surface area contributed by atoms with Gasteiger partial charge in [0.15, 0.2) is 0 Å². The van der Waals surface area contributed by atoms with Crippen LogP contribution < -0.4 is 16.0 Å². The molecule has 0 saturated carbocycles. The van der Waals surface area contributed by atoms with Crippen LogP contribution in [0.1, 0.15) is 54.8 Å². The lowest BCUT2D eigenvalue weighted by molar-refractivity contribution is -0.141. The maximum absolute atomic E-state index is 12.3. The van der Waals surface area contributed by atoms with E-state index >= 15 is 0 Å². The number of rotatable bonds is 11. The van der Waals surface area contributed by atoms with E-state index in [1.165, 1.54) is 20.3 Å². The molecular weight excluding hydrogens is 560 g/mol. The van der Waals surface area contributed by atoms with Gasteiger partial charge in [-0.3, -0.25) is 19.2 Å². The third-order valence-electron chi connectivity index (χ3n) is 7.84. The Kier molecular flexibility index (Phi) is 9.63. The molecule has 10 heteroatoms. The van der Waals surface area contributed by atoms with Crippen LogP contribution in [0.25, 0.3) is 18.2 Å². The molecule has 0 aliphatic carbocycles. The third-order valence-corrected chi connectivity index (χ3v) is 7.84. The SMILES string of the molecule is C=CC1=C(C)C(C=c2cc(CCC(=O)OC)/c(=C/c3[nH]c(/C=C4\NC(=O)C(C)=C4C=C)c(C)c3CCC(=O)OC)[nH]2)=NC1=O. The summed E-state index contributed by atoms with van der Waals surface area (Å²) in [4.78, 5) is 59.7. The van der Waals surface area contributed by atoms with E-state index in [2.05, 4.69) is 33.4 Å². The lowest BCUT2D eigenvalue weighted by atomic mass is 10.0. The average Bonchev–Trinajstić information content (AvgIpc) is 3.69. The van der Waals surface area contributed by atoms with E-state index in [1.54, 1.807) is 19.1 Å². The maximum atomic E-state index is 12.3. The molecule has 2 amide bonds. The molecule has 2 aliphatic heterocycles. The highest BCUT2D eigenvalue weighted by Gasteiger charge is 2.23. The Morgan fingerprint density at radius 2 is 1.52 bits per heavy atom. The molecule has 0 aromatic carbocycles. The zero-order valence-electron chi connectivity index (χ0n) is 25.6. The van der Waals surface area contributed by atoms with Gasteiger partial charge in [0.2, 0.25) is 0 Å². The number of aromatic amines is 2. The summed E-state index contributed by atoms with van der Waals surface area (Å²) in [6.45, 7) is 13.1. The number of nitrogens with zero attached hydrogens (tertiary/aromatic N) is 1. The van der Waals surface area contributed by atoms with E-state index < -0.39 is 0 Å². The number of allylic oxidation sites excluding steroid dienone is 2. The smallest absolute Gasteiger partial charge is 0.305 e. The van der Waals surface area contributed by atoms with Crippen LogP contribution in [0.15, 0.2) is 64.4 Å². The molecule has 2 aromatic rings. The van der Waals surface area contributed by atoms with Crippen molar-refractivity contribution in [3.63, 3.8) is 0 Å². The minimum Gasteiger partial charge on any atom is -0.469 e. The van der Waals surface area contributed by atoms with E-state index in [0.29, 0.717) is 40.7 Å². The normalized spacial score (nSPS) is 16.7. The van der Waals surface area contributed by atoms with Crippen molar-refractivity contribution < 1.29 is 28.7 Å². The van der Waals surface area contributed by atoms with Crippen molar-refractivity contribution in [1.29, 1.82) is 0 Å². The lowest BCUT2D eigenvalue weighted by Gasteiger charge is -2.03. The van der Waals surface area contributed by atoms with Crippen molar-refractivity contribution in [2.24, 2.45) is 4.99 Å². The highest BCUT2D eigenvalue weighted by Crippen LogP contribution is 2.27. The Morgan fingerprint density at radius 1 is 0.864 bits per heavy atom. The number of nitrogens with one attached hydrogen (secondary N) is 3. The molecule has 0 bridgehead atoms. The number of ether oxygens (including phenoxy) is 2. The fourth-order valence-corrected chi connectivity index (χ4v) is 5.24. The van der Waals surface area contributed by atoms with Gasteiger partial charge in [-0.1, -0.05) is 25.3 Å². The van der Waals surface area contributed by atoms with Gasteiger partial charge in [-0.05, 0) is 80.2 Å². The lowest BCUT2D eigenvalue weighted by Crippen LogP contribution is -2.15. The topological polar surface area (TPSA) is 143 Å². The predicted molar refractivity (Wildman–Crippen MR) is 169 cm³/mol. The van der Waals surface area contributed by atoms with Crippen LogP contribution in [0.3, 0.4) is 0 Å². The van der Waals surface area contributed by atoms with Gasteiger partial charge in [-0.15, -0.1) is 0 Å². The van der Waals surface area contributed by atoms with E-state index in [1.807, 2.05) is 32.1 Å². The number of aryl methyl sites for hydroxylation is 1. The number of carbonyl (C=O) groups excluding carboxylic acids is 4. The number of methoxy groups -OCH3 is 2. The average molecular weight is 597 g/mol. The Bertz CT molecular complexity index is 1840. The number of hydrogen-bond acceptors (Lipinski definition) is 6. The van der Waals surface area contributed by atoms with Gasteiger partial charge >= 0.3 is 11.9 Å². The number of hydrogen-bond donors (Lipinski definition) is 3. The highest BCUT2D eigenvalue weighted by molar-refractivity contribution is 6.31. The first-order chi connectivity index (χ1) is 21.0. The predicted octanol–water partition coefficient (Wildman–Crippen LogP) is 2.93. The van der Waals surface area contributed by atoms with Crippen molar-refractivity contribution in [3.8, 4) is 0 Å².